The molecule has 0 bridgehead atoms. The summed E-state index contributed by atoms with van der Waals surface area (Å²) in [6, 6.07) is 0. The van der Waals surface area contributed by atoms with Crippen molar-refractivity contribution in [3.8, 4) is 0 Å². The molecule has 0 amide bonds. The monoisotopic (exact) mass is 605 g/mol. The first-order chi connectivity index (χ1) is 20.2. The molecule has 0 N–H and O–H groups in total. The zero-order valence-electron chi connectivity index (χ0n) is 31.1. The lowest BCUT2D eigenvalue weighted by atomic mass is 9.80. The molecular weight excluding hydrogens is 532 g/mol. The number of aromatic nitrogens is 2. The van der Waals surface area contributed by atoms with Crippen molar-refractivity contribution in [2.75, 3.05) is 20.3 Å². The summed E-state index contributed by atoms with van der Waals surface area (Å²) in [6.45, 7) is 29.2. The van der Waals surface area contributed by atoms with Crippen molar-refractivity contribution in [2.24, 2.45) is 17.3 Å². The molecule has 0 aliphatic heterocycles. The van der Waals surface area contributed by atoms with Crippen LogP contribution in [0.2, 0.25) is 0 Å². The second-order valence-electron chi connectivity index (χ2n) is 13.6. The Kier molecular flexibility index (Phi) is 25.0. The van der Waals surface area contributed by atoms with Crippen LogP contribution >= 0.6 is 0 Å². The van der Waals surface area contributed by atoms with Gasteiger partial charge in [-0.1, -0.05) is 99.5 Å². The van der Waals surface area contributed by atoms with Gasteiger partial charge in [-0.3, -0.25) is 9.78 Å². The predicted octanol–water partition coefficient (Wildman–Crippen LogP) is 11.5. The van der Waals surface area contributed by atoms with E-state index >= 15 is 0 Å². The average Bonchev–Trinajstić information content (AvgIpc) is 3.76. The van der Waals surface area contributed by atoms with Gasteiger partial charge in [0.05, 0.1) is 29.8 Å². The van der Waals surface area contributed by atoms with E-state index in [4.69, 9.17) is 9.47 Å². The van der Waals surface area contributed by atoms with Crippen LogP contribution in [-0.4, -0.2) is 41.7 Å². The Hall–Kier alpha value is -1.59. The van der Waals surface area contributed by atoms with Gasteiger partial charge in [0.25, 0.3) is 0 Å². The molecule has 5 heteroatoms. The minimum absolute atomic E-state index is 0.0649. The normalized spacial score (nSPS) is 14.0. The molecule has 1 aromatic heterocycles. The molecule has 1 aliphatic rings. The lowest BCUT2D eigenvalue weighted by Crippen LogP contribution is -2.23. The molecule has 0 aromatic carbocycles. The van der Waals surface area contributed by atoms with Gasteiger partial charge in [0.2, 0.25) is 0 Å². The molecule has 252 valence electrons. The van der Waals surface area contributed by atoms with Crippen LogP contribution < -0.4 is 0 Å². The first kappa shape index (κ1) is 43.5. The molecule has 0 spiro atoms. The Morgan fingerprint density at radius 1 is 1.05 bits per heavy atom. The number of allylic oxidation sites excluding steroid dienone is 1. The Bertz CT molecular complexity index is 864. The zero-order chi connectivity index (χ0) is 33.5. The van der Waals surface area contributed by atoms with Crippen molar-refractivity contribution < 1.29 is 14.3 Å². The van der Waals surface area contributed by atoms with E-state index in [0.717, 1.165) is 69.0 Å². The molecule has 1 aliphatic carbocycles. The maximum Gasteiger partial charge on any atom is 0.182 e. The molecule has 2 rings (SSSR count). The molecule has 43 heavy (non-hydrogen) atoms. The first-order valence-corrected chi connectivity index (χ1v) is 17.4. The minimum Gasteiger partial charge on any atom is -0.385 e. The van der Waals surface area contributed by atoms with E-state index in [9.17, 15) is 4.79 Å². The number of ketones is 1. The van der Waals surface area contributed by atoms with Crippen molar-refractivity contribution in [2.45, 2.75) is 166 Å². The van der Waals surface area contributed by atoms with E-state index in [1.807, 2.05) is 20.8 Å². The van der Waals surface area contributed by atoms with Crippen LogP contribution in [0.1, 0.15) is 176 Å². The molecule has 1 atom stereocenters. The third kappa shape index (κ3) is 23.5. The fourth-order valence-electron chi connectivity index (χ4n) is 3.81. The van der Waals surface area contributed by atoms with E-state index in [-0.39, 0.29) is 16.8 Å². The van der Waals surface area contributed by atoms with Gasteiger partial charge < -0.3 is 9.47 Å². The summed E-state index contributed by atoms with van der Waals surface area (Å²) in [5.74, 6) is 1.71. The second-order valence-corrected chi connectivity index (χ2v) is 13.6. The molecular formula is C38H72N2O3. The number of unbranched alkanes of at least 4 members (excludes halogenated alkanes) is 2. The van der Waals surface area contributed by atoms with Crippen LogP contribution in [0.3, 0.4) is 0 Å². The minimum atomic E-state index is -0.0976. The van der Waals surface area contributed by atoms with E-state index in [2.05, 4.69) is 85.3 Å². The standard InChI is InChI=1S/C28H48N2O3.C4H8.C4H10.C2H6/c1-10-23(20-33-27(4,5)6)14-11-12-15-26(31)25-19-29-24(22(3)30-25)18-21(2)28(7,8)16-13-17-32-9;1-4-2-3-4;1-3-4-2;1-2/h18-19,23H,10-17,20H2,1-9H3;4H,2-3H2,1H3;3-4H2,1-2H3;1-2H3/b21-18+;;;/t23-;;;/m1.../s1. The summed E-state index contributed by atoms with van der Waals surface area (Å²) in [6.07, 6.45) is 16.0. The van der Waals surface area contributed by atoms with E-state index < -0.39 is 0 Å². The van der Waals surface area contributed by atoms with Crippen molar-refractivity contribution in [1.82, 2.24) is 9.97 Å². The molecule has 1 aromatic rings. The highest BCUT2D eigenvalue weighted by Crippen LogP contribution is 2.32. The van der Waals surface area contributed by atoms with Crippen LogP contribution in [0, 0.1) is 24.2 Å². The smallest absolute Gasteiger partial charge is 0.182 e. The number of carbonyl (C=O) groups is 1. The fraction of sp³-hybridized carbons (Fsp3) is 0.816. The van der Waals surface area contributed by atoms with Gasteiger partial charge in [0.15, 0.2) is 5.78 Å². The first-order valence-electron chi connectivity index (χ1n) is 17.4. The maximum absolute atomic E-state index is 12.7. The second kappa shape index (κ2) is 24.7. The summed E-state index contributed by atoms with van der Waals surface area (Å²) in [5.41, 5.74) is 3.35. The molecule has 1 saturated carbocycles. The summed E-state index contributed by atoms with van der Waals surface area (Å²) in [5, 5.41) is 0. The van der Waals surface area contributed by atoms with E-state index in [1.54, 1.807) is 13.3 Å². The number of rotatable bonds is 16. The summed E-state index contributed by atoms with van der Waals surface area (Å²) in [4.78, 5) is 21.8. The molecule has 1 fully saturated rings. The number of Topliss-reactive ketones (excluding diaryl/α,β-unsaturated/α-hetero) is 1. The van der Waals surface area contributed by atoms with E-state index in [0.29, 0.717) is 18.0 Å². The molecule has 0 radical (unpaired) electrons. The van der Waals surface area contributed by atoms with Crippen LogP contribution in [0.5, 0.6) is 0 Å². The number of nitrogens with zero attached hydrogens (tertiary/aromatic N) is 2. The number of methoxy groups -OCH3 is 1. The molecule has 0 unspecified atom stereocenters. The predicted molar refractivity (Wildman–Crippen MR) is 188 cm³/mol. The lowest BCUT2D eigenvalue weighted by Gasteiger charge is -2.26. The van der Waals surface area contributed by atoms with Crippen molar-refractivity contribution in [1.29, 1.82) is 0 Å². The molecule has 5 nitrogen and oxygen atoms in total. The summed E-state index contributed by atoms with van der Waals surface area (Å²) >= 11 is 0. The third-order valence-corrected chi connectivity index (χ3v) is 7.80. The van der Waals surface area contributed by atoms with Gasteiger partial charge >= 0.3 is 0 Å². The average molecular weight is 605 g/mol. The fourth-order valence-corrected chi connectivity index (χ4v) is 3.81. The Morgan fingerprint density at radius 3 is 2.07 bits per heavy atom. The molecule has 1 heterocycles. The van der Waals surface area contributed by atoms with Crippen LogP contribution in [-0.2, 0) is 9.47 Å². The number of ether oxygens (including phenoxy) is 2. The van der Waals surface area contributed by atoms with Crippen LogP contribution in [0.25, 0.3) is 6.08 Å². The van der Waals surface area contributed by atoms with Crippen LogP contribution in [0.4, 0.5) is 0 Å². The largest absolute Gasteiger partial charge is 0.385 e. The Balaban J connectivity index is 0. The van der Waals surface area contributed by atoms with Gasteiger partial charge in [-0.2, -0.15) is 0 Å². The number of aryl methyl sites for hydroxylation is 1. The number of hydrogen-bond acceptors (Lipinski definition) is 5. The van der Waals surface area contributed by atoms with Gasteiger partial charge in [0, 0.05) is 20.1 Å². The topological polar surface area (TPSA) is 61.3 Å². The van der Waals surface area contributed by atoms with Gasteiger partial charge in [-0.25, -0.2) is 4.98 Å². The van der Waals surface area contributed by atoms with Crippen molar-refractivity contribution >= 4 is 11.9 Å². The highest BCUT2D eigenvalue weighted by molar-refractivity contribution is 5.94. The highest BCUT2D eigenvalue weighted by atomic mass is 16.5. The Labute approximate surface area is 268 Å². The summed E-state index contributed by atoms with van der Waals surface area (Å²) in [7, 11) is 1.74. The zero-order valence-corrected chi connectivity index (χ0v) is 31.1. The van der Waals surface area contributed by atoms with Gasteiger partial charge in [-0.05, 0) is 83.6 Å². The third-order valence-electron chi connectivity index (χ3n) is 7.80. The maximum atomic E-state index is 12.7. The lowest BCUT2D eigenvalue weighted by molar-refractivity contribution is -0.0243. The Morgan fingerprint density at radius 2 is 1.63 bits per heavy atom. The molecule has 0 saturated heterocycles. The number of carbonyl (C=O) groups excluding carboxylic acids is 1. The number of hydrogen-bond donors (Lipinski definition) is 0. The SMILES string of the molecule is CC.CC1CC1.CCCC.CC[C@H](CCCCC(=O)c1cnc(/C=C(\C)C(C)(C)CCCOC)c(C)n1)COC(C)(C)C. The van der Waals surface area contributed by atoms with Gasteiger partial charge in [-0.15, -0.1) is 0 Å². The highest BCUT2D eigenvalue weighted by Gasteiger charge is 2.20. The van der Waals surface area contributed by atoms with Crippen molar-refractivity contribution in [3.05, 3.63) is 28.9 Å². The quantitative estimate of drug-likeness (QED) is 0.139. The van der Waals surface area contributed by atoms with Crippen LogP contribution in [0.15, 0.2) is 11.8 Å². The van der Waals surface area contributed by atoms with Crippen molar-refractivity contribution in [3.63, 3.8) is 0 Å². The summed E-state index contributed by atoms with van der Waals surface area (Å²) < 4.78 is 11.1. The van der Waals surface area contributed by atoms with Gasteiger partial charge in [0.1, 0.15) is 5.69 Å². The van der Waals surface area contributed by atoms with E-state index in [1.165, 1.54) is 31.3 Å².